The van der Waals surface area contributed by atoms with Crippen molar-refractivity contribution in [1.29, 1.82) is 0 Å². The average Bonchev–Trinajstić information content (AvgIpc) is 2.39. The van der Waals surface area contributed by atoms with Gasteiger partial charge in [-0.15, -0.1) is 0 Å². The van der Waals surface area contributed by atoms with Gasteiger partial charge in [-0.05, 0) is 46.3 Å². The van der Waals surface area contributed by atoms with Gasteiger partial charge in [-0.25, -0.2) is 0 Å². The summed E-state index contributed by atoms with van der Waals surface area (Å²) >= 11 is 0. The van der Waals surface area contributed by atoms with Gasteiger partial charge in [0.25, 0.3) is 0 Å². The molecule has 0 aromatic heterocycles. The lowest BCUT2D eigenvalue weighted by molar-refractivity contribution is -0.145. The molecule has 2 unspecified atom stereocenters. The van der Waals surface area contributed by atoms with Crippen molar-refractivity contribution in [3.8, 4) is 0 Å². The Labute approximate surface area is 117 Å². The normalized spacial score (nSPS) is 16.3. The Hall–Kier alpha value is -0.650. The van der Waals surface area contributed by atoms with Crippen LogP contribution in [0, 0.1) is 0 Å². The van der Waals surface area contributed by atoms with Crippen LogP contribution in [0.1, 0.15) is 40.0 Å². The van der Waals surface area contributed by atoms with Crippen molar-refractivity contribution in [1.82, 2.24) is 10.2 Å². The Morgan fingerprint density at radius 1 is 1.47 bits per heavy atom. The van der Waals surface area contributed by atoms with Gasteiger partial charge >= 0.3 is 5.97 Å². The Morgan fingerprint density at radius 3 is 2.47 bits per heavy atom. The van der Waals surface area contributed by atoms with E-state index in [-0.39, 0.29) is 0 Å². The number of carboxylic acid groups (broad SMARTS) is 1. The highest BCUT2D eigenvalue weighted by atomic mass is 16.5. The molecule has 2 atom stereocenters. The van der Waals surface area contributed by atoms with Crippen LogP contribution in [0.5, 0.6) is 0 Å². The molecule has 5 heteroatoms. The molecule has 0 aromatic rings. The summed E-state index contributed by atoms with van der Waals surface area (Å²) < 4.78 is 5.17. The molecule has 0 fully saturated rings. The number of nitrogens with zero attached hydrogens (tertiary/aromatic N) is 1. The van der Waals surface area contributed by atoms with Crippen molar-refractivity contribution in [2.45, 2.75) is 51.6 Å². The van der Waals surface area contributed by atoms with Gasteiger partial charge in [-0.3, -0.25) is 9.69 Å². The highest BCUT2D eigenvalue weighted by Crippen LogP contribution is 2.18. The summed E-state index contributed by atoms with van der Waals surface area (Å²) in [6, 6.07) is 0.366. The molecule has 114 valence electrons. The second-order valence-corrected chi connectivity index (χ2v) is 5.03. The first-order valence-electron chi connectivity index (χ1n) is 7.12. The topological polar surface area (TPSA) is 61.8 Å². The van der Waals surface area contributed by atoms with E-state index in [1.54, 1.807) is 14.2 Å². The molecule has 2 N–H and O–H groups in total. The van der Waals surface area contributed by atoms with Crippen LogP contribution in [-0.4, -0.2) is 61.4 Å². The Kier molecular flexibility index (Phi) is 8.97. The zero-order valence-electron chi connectivity index (χ0n) is 13.0. The second-order valence-electron chi connectivity index (χ2n) is 5.03. The smallest absolute Gasteiger partial charge is 0.323 e. The van der Waals surface area contributed by atoms with Gasteiger partial charge in [0.15, 0.2) is 0 Å². The molecular formula is C14H30N2O3. The van der Waals surface area contributed by atoms with E-state index in [0.29, 0.717) is 25.5 Å². The van der Waals surface area contributed by atoms with Crippen LogP contribution in [-0.2, 0) is 9.53 Å². The van der Waals surface area contributed by atoms with E-state index < -0.39 is 11.5 Å². The van der Waals surface area contributed by atoms with Crippen molar-refractivity contribution in [2.24, 2.45) is 0 Å². The van der Waals surface area contributed by atoms with E-state index in [1.165, 1.54) is 0 Å². The molecule has 0 aliphatic rings. The number of likely N-dealkylation sites (N-methyl/N-ethyl adjacent to an activating group) is 2. The fraction of sp³-hybridized carbons (Fsp3) is 0.929. The van der Waals surface area contributed by atoms with Crippen LogP contribution in [0.15, 0.2) is 0 Å². The number of methoxy groups -OCH3 is 1. The molecule has 0 amide bonds. The van der Waals surface area contributed by atoms with Crippen LogP contribution in [0.4, 0.5) is 0 Å². The molecule has 0 aromatic carbocycles. The number of ether oxygens (including phenoxy) is 1. The molecular weight excluding hydrogens is 244 g/mol. The molecule has 0 saturated carbocycles. The molecule has 0 heterocycles. The predicted molar refractivity (Wildman–Crippen MR) is 77.5 cm³/mol. The summed E-state index contributed by atoms with van der Waals surface area (Å²) in [6.07, 6.45) is 2.10. The SMILES string of the molecule is CCN(CCCC(CC)(NC)C(=O)O)C(C)COC. The summed E-state index contributed by atoms with van der Waals surface area (Å²) in [4.78, 5) is 13.7. The molecule has 0 saturated heterocycles. The lowest BCUT2D eigenvalue weighted by atomic mass is 9.90. The van der Waals surface area contributed by atoms with E-state index >= 15 is 0 Å². The Bertz CT molecular complexity index is 255. The van der Waals surface area contributed by atoms with Gasteiger partial charge in [0.1, 0.15) is 5.54 Å². The maximum Gasteiger partial charge on any atom is 0.323 e. The number of hydrogen-bond donors (Lipinski definition) is 2. The van der Waals surface area contributed by atoms with Gasteiger partial charge in [-0.2, -0.15) is 0 Å². The third-order valence-corrected chi connectivity index (χ3v) is 3.98. The zero-order chi connectivity index (χ0) is 14.9. The van der Waals surface area contributed by atoms with Gasteiger partial charge in [0.05, 0.1) is 6.61 Å². The van der Waals surface area contributed by atoms with Crippen LogP contribution < -0.4 is 5.32 Å². The average molecular weight is 274 g/mol. The van der Waals surface area contributed by atoms with Gasteiger partial charge in [0, 0.05) is 13.2 Å². The minimum atomic E-state index is -0.788. The lowest BCUT2D eigenvalue weighted by Crippen LogP contribution is -2.50. The first-order chi connectivity index (χ1) is 8.97. The fourth-order valence-electron chi connectivity index (χ4n) is 2.46. The maximum absolute atomic E-state index is 11.4. The summed E-state index contributed by atoms with van der Waals surface area (Å²) in [5.74, 6) is -0.759. The van der Waals surface area contributed by atoms with E-state index in [1.807, 2.05) is 6.92 Å². The van der Waals surface area contributed by atoms with Crippen molar-refractivity contribution in [3.63, 3.8) is 0 Å². The summed E-state index contributed by atoms with van der Waals surface area (Å²) in [7, 11) is 3.43. The monoisotopic (exact) mass is 274 g/mol. The van der Waals surface area contributed by atoms with E-state index in [0.717, 1.165) is 19.5 Å². The number of aliphatic carboxylic acids is 1. The van der Waals surface area contributed by atoms with Crippen molar-refractivity contribution >= 4 is 5.97 Å². The van der Waals surface area contributed by atoms with Crippen molar-refractivity contribution in [2.75, 3.05) is 33.9 Å². The molecule has 5 nitrogen and oxygen atoms in total. The highest BCUT2D eigenvalue weighted by Gasteiger charge is 2.34. The Morgan fingerprint density at radius 2 is 2.11 bits per heavy atom. The fourth-order valence-corrected chi connectivity index (χ4v) is 2.46. The van der Waals surface area contributed by atoms with E-state index in [9.17, 15) is 9.90 Å². The molecule has 0 radical (unpaired) electrons. The minimum absolute atomic E-state index is 0.366. The predicted octanol–water partition coefficient (Wildman–Crippen LogP) is 1.58. The number of carbonyl (C=O) groups is 1. The summed E-state index contributed by atoms with van der Waals surface area (Å²) in [6.45, 7) is 8.73. The largest absolute Gasteiger partial charge is 0.480 e. The Balaban J connectivity index is 4.34. The second kappa shape index (κ2) is 9.28. The van der Waals surface area contributed by atoms with Gasteiger partial charge in [0.2, 0.25) is 0 Å². The highest BCUT2D eigenvalue weighted by molar-refractivity contribution is 5.78. The number of hydrogen-bond acceptors (Lipinski definition) is 4. The van der Waals surface area contributed by atoms with Crippen LogP contribution in [0.25, 0.3) is 0 Å². The molecule has 0 aliphatic carbocycles. The zero-order valence-corrected chi connectivity index (χ0v) is 13.0. The van der Waals surface area contributed by atoms with Gasteiger partial charge in [-0.1, -0.05) is 13.8 Å². The van der Waals surface area contributed by atoms with E-state index in [2.05, 4.69) is 24.1 Å². The molecule has 19 heavy (non-hydrogen) atoms. The first-order valence-corrected chi connectivity index (χ1v) is 7.12. The maximum atomic E-state index is 11.4. The third-order valence-electron chi connectivity index (χ3n) is 3.98. The van der Waals surface area contributed by atoms with E-state index in [4.69, 9.17) is 4.74 Å². The number of rotatable bonds is 11. The number of carboxylic acids is 1. The lowest BCUT2D eigenvalue weighted by Gasteiger charge is -2.31. The first kappa shape index (κ1) is 18.4. The molecule has 0 spiro atoms. The van der Waals surface area contributed by atoms with Crippen molar-refractivity contribution in [3.05, 3.63) is 0 Å². The molecule has 0 bridgehead atoms. The summed E-state index contributed by atoms with van der Waals surface area (Å²) in [5, 5.41) is 12.3. The molecule has 0 rings (SSSR count). The third kappa shape index (κ3) is 5.47. The quantitative estimate of drug-likeness (QED) is 0.599. The van der Waals surface area contributed by atoms with Gasteiger partial charge < -0.3 is 15.2 Å². The van der Waals surface area contributed by atoms with Crippen LogP contribution in [0.3, 0.4) is 0 Å². The van der Waals surface area contributed by atoms with Crippen LogP contribution in [0.2, 0.25) is 0 Å². The number of nitrogens with one attached hydrogen (secondary N) is 1. The van der Waals surface area contributed by atoms with Crippen molar-refractivity contribution < 1.29 is 14.6 Å². The molecule has 0 aliphatic heterocycles. The standard InChI is InChI=1S/C14H30N2O3/c1-6-14(15-4,13(17)18)9-8-10-16(7-2)12(3)11-19-5/h12,15H,6-11H2,1-5H3,(H,17,18). The summed E-state index contributed by atoms with van der Waals surface area (Å²) in [5.41, 5.74) is -0.788. The minimum Gasteiger partial charge on any atom is -0.480 e. The van der Waals surface area contributed by atoms with Crippen LogP contribution >= 0.6 is 0 Å².